The summed E-state index contributed by atoms with van der Waals surface area (Å²) in [6.07, 6.45) is -0.424. The second-order valence-corrected chi connectivity index (χ2v) is 7.00. The lowest BCUT2D eigenvalue weighted by Crippen LogP contribution is -2.33. The molecule has 2 aromatic carbocycles. The van der Waals surface area contributed by atoms with Gasteiger partial charge >= 0.3 is 0 Å². The minimum atomic E-state index is -0.551. The van der Waals surface area contributed by atoms with E-state index in [9.17, 15) is 10.2 Å². The van der Waals surface area contributed by atoms with Crippen molar-refractivity contribution in [2.24, 2.45) is 0 Å². The molecule has 0 bridgehead atoms. The Morgan fingerprint density at radius 3 is 2.50 bits per heavy atom. The van der Waals surface area contributed by atoms with Gasteiger partial charge < -0.3 is 15.5 Å². The fourth-order valence-electron chi connectivity index (χ4n) is 2.91. The van der Waals surface area contributed by atoms with E-state index in [4.69, 9.17) is 0 Å². The van der Waals surface area contributed by atoms with Gasteiger partial charge in [-0.1, -0.05) is 48.5 Å². The van der Waals surface area contributed by atoms with Crippen molar-refractivity contribution in [3.8, 4) is 0 Å². The standard InChI is InChI=1S/C20H23NO2S/c1-14(20(23)15-7-3-2-4-8-15)21-12-11-18(22)17-13-24-19-10-6-5-9-16(17)19/h2-10,13-14,18,20-23H,11-12H2,1H3. The van der Waals surface area contributed by atoms with Crippen LogP contribution in [0, 0.1) is 0 Å². The van der Waals surface area contributed by atoms with Crippen LogP contribution in [0.15, 0.2) is 60.0 Å². The Morgan fingerprint density at radius 1 is 1.00 bits per heavy atom. The van der Waals surface area contributed by atoms with Crippen LogP contribution in [0.5, 0.6) is 0 Å². The zero-order valence-electron chi connectivity index (χ0n) is 13.7. The third-order valence-corrected chi connectivity index (χ3v) is 5.35. The van der Waals surface area contributed by atoms with Crippen LogP contribution in [0.2, 0.25) is 0 Å². The molecule has 126 valence electrons. The van der Waals surface area contributed by atoms with E-state index in [2.05, 4.69) is 17.4 Å². The molecule has 3 atom stereocenters. The van der Waals surface area contributed by atoms with Gasteiger partial charge in [-0.2, -0.15) is 0 Å². The molecule has 3 nitrogen and oxygen atoms in total. The van der Waals surface area contributed by atoms with Gasteiger partial charge in [0.2, 0.25) is 0 Å². The van der Waals surface area contributed by atoms with Crippen molar-refractivity contribution < 1.29 is 10.2 Å². The monoisotopic (exact) mass is 341 g/mol. The highest BCUT2D eigenvalue weighted by Gasteiger charge is 2.17. The van der Waals surface area contributed by atoms with E-state index in [1.807, 2.05) is 54.8 Å². The van der Waals surface area contributed by atoms with E-state index < -0.39 is 12.2 Å². The Kier molecular flexibility index (Phi) is 5.63. The van der Waals surface area contributed by atoms with E-state index >= 15 is 0 Å². The molecule has 0 fully saturated rings. The largest absolute Gasteiger partial charge is 0.388 e. The molecule has 1 aromatic heterocycles. The van der Waals surface area contributed by atoms with Crippen molar-refractivity contribution in [3.05, 3.63) is 71.1 Å². The molecule has 3 N–H and O–H groups in total. The van der Waals surface area contributed by atoms with Crippen molar-refractivity contribution in [2.45, 2.75) is 31.6 Å². The number of benzene rings is 2. The lowest BCUT2D eigenvalue weighted by atomic mass is 10.0. The summed E-state index contributed by atoms with van der Waals surface area (Å²) < 4.78 is 1.20. The molecule has 0 amide bonds. The fraction of sp³-hybridized carbons (Fsp3) is 0.300. The van der Waals surface area contributed by atoms with Crippen molar-refractivity contribution in [1.29, 1.82) is 0 Å². The highest BCUT2D eigenvalue weighted by molar-refractivity contribution is 7.17. The topological polar surface area (TPSA) is 52.5 Å². The van der Waals surface area contributed by atoms with Crippen LogP contribution in [0.3, 0.4) is 0 Å². The Labute approximate surface area is 146 Å². The van der Waals surface area contributed by atoms with Crippen molar-refractivity contribution in [2.75, 3.05) is 6.54 Å². The van der Waals surface area contributed by atoms with E-state index in [-0.39, 0.29) is 6.04 Å². The summed E-state index contributed by atoms with van der Waals surface area (Å²) in [7, 11) is 0. The van der Waals surface area contributed by atoms with Crippen LogP contribution >= 0.6 is 11.3 Å². The number of fused-ring (bicyclic) bond motifs is 1. The smallest absolute Gasteiger partial charge is 0.0940 e. The number of hydrogen-bond donors (Lipinski definition) is 3. The van der Waals surface area contributed by atoms with E-state index in [0.29, 0.717) is 13.0 Å². The van der Waals surface area contributed by atoms with E-state index in [1.165, 1.54) is 4.70 Å². The molecule has 4 heteroatoms. The zero-order chi connectivity index (χ0) is 16.9. The number of aliphatic hydroxyl groups is 2. The third kappa shape index (κ3) is 3.84. The Morgan fingerprint density at radius 2 is 1.71 bits per heavy atom. The number of aliphatic hydroxyl groups excluding tert-OH is 2. The Bertz CT molecular complexity index is 771. The molecule has 3 aromatic rings. The molecule has 0 aliphatic rings. The van der Waals surface area contributed by atoms with Crippen molar-refractivity contribution in [3.63, 3.8) is 0 Å². The van der Waals surface area contributed by atoms with Gasteiger partial charge in [0.15, 0.2) is 0 Å². The molecule has 24 heavy (non-hydrogen) atoms. The lowest BCUT2D eigenvalue weighted by molar-refractivity contribution is 0.127. The molecule has 0 saturated carbocycles. The molecule has 3 rings (SSSR count). The summed E-state index contributed by atoms with van der Waals surface area (Å²) in [5.41, 5.74) is 1.90. The summed E-state index contributed by atoms with van der Waals surface area (Å²) >= 11 is 1.66. The first-order valence-corrected chi connectivity index (χ1v) is 9.15. The number of rotatable bonds is 7. The van der Waals surface area contributed by atoms with Gasteiger partial charge in [-0.3, -0.25) is 0 Å². The second-order valence-electron chi connectivity index (χ2n) is 6.09. The molecule has 3 unspecified atom stereocenters. The van der Waals surface area contributed by atoms with Gasteiger partial charge in [0.05, 0.1) is 12.2 Å². The Balaban J connectivity index is 1.54. The first-order valence-electron chi connectivity index (χ1n) is 8.27. The molecule has 0 aliphatic carbocycles. The molecule has 0 saturated heterocycles. The summed E-state index contributed by atoms with van der Waals surface area (Å²) in [5, 5.41) is 27.3. The number of thiophene rings is 1. The maximum absolute atomic E-state index is 10.5. The first-order chi connectivity index (χ1) is 11.7. The van der Waals surface area contributed by atoms with Crippen LogP contribution in [-0.4, -0.2) is 22.8 Å². The quantitative estimate of drug-likeness (QED) is 0.608. The predicted octanol–water partition coefficient (Wildman–Crippen LogP) is 4.04. The van der Waals surface area contributed by atoms with Crippen molar-refractivity contribution >= 4 is 21.4 Å². The molecule has 0 radical (unpaired) electrons. The zero-order valence-corrected chi connectivity index (χ0v) is 14.5. The highest BCUT2D eigenvalue weighted by Crippen LogP contribution is 2.31. The lowest BCUT2D eigenvalue weighted by Gasteiger charge is -2.21. The van der Waals surface area contributed by atoms with Crippen LogP contribution < -0.4 is 5.32 Å². The number of hydrogen-bond acceptors (Lipinski definition) is 4. The number of nitrogens with one attached hydrogen (secondary N) is 1. The average Bonchev–Trinajstić information content (AvgIpc) is 3.06. The first kappa shape index (κ1) is 17.1. The average molecular weight is 341 g/mol. The highest BCUT2D eigenvalue weighted by atomic mass is 32.1. The summed E-state index contributed by atoms with van der Waals surface area (Å²) in [5.74, 6) is 0. The second kappa shape index (κ2) is 7.90. The summed E-state index contributed by atoms with van der Waals surface area (Å²) in [6.45, 7) is 2.61. The maximum Gasteiger partial charge on any atom is 0.0940 e. The Hall–Kier alpha value is -1.72. The summed E-state index contributed by atoms with van der Waals surface area (Å²) in [6, 6.07) is 17.7. The molecule has 1 heterocycles. The van der Waals surface area contributed by atoms with Crippen LogP contribution in [0.4, 0.5) is 0 Å². The van der Waals surface area contributed by atoms with Gasteiger partial charge in [-0.25, -0.2) is 0 Å². The van der Waals surface area contributed by atoms with Gasteiger partial charge in [0.1, 0.15) is 0 Å². The molecule has 0 aliphatic heterocycles. The minimum Gasteiger partial charge on any atom is -0.388 e. The maximum atomic E-state index is 10.5. The SMILES string of the molecule is CC(NCCC(O)c1csc2ccccc12)C(O)c1ccccc1. The van der Waals surface area contributed by atoms with Crippen LogP contribution in [0.25, 0.3) is 10.1 Å². The molecular weight excluding hydrogens is 318 g/mol. The van der Waals surface area contributed by atoms with Crippen molar-refractivity contribution in [1.82, 2.24) is 5.32 Å². The van der Waals surface area contributed by atoms with Crippen LogP contribution in [-0.2, 0) is 0 Å². The third-order valence-electron chi connectivity index (χ3n) is 4.37. The van der Waals surface area contributed by atoms with E-state index in [0.717, 1.165) is 16.5 Å². The normalized spacial score (nSPS) is 15.3. The van der Waals surface area contributed by atoms with Gasteiger partial charge in [0, 0.05) is 10.7 Å². The van der Waals surface area contributed by atoms with E-state index in [1.54, 1.807) is 11.3 Å². The molecule has 0 spiro atoms. The van der Waals surface area contributed by atoms with Crippen LogP contribution in [0.1, 0.15) is 36.7 Å². The van der Waals surface area contributed by atoms with Gasteiger partial charge in [-0.05, 0) is 47.8 Å². The summed E-state index contributed by atoms with van der Waals surface area (Å²) in [4.78, 5) is 0. The van der Waals surface area contributed by atoms with Gasteiger partial charge in [-0.15, -0.1) is 11.3 Å². The minimum absolute atomic E-state index is 0.0705. The molecular formula is C20H23NO2S. The predicted molar refractivity (Wildman–Crippen MR) is 100 cm³/mol. The van der Waals surface area contributed by atoms with Gasteiger partial charge in [0.25, 0.3) is 0 Å². The fourth-order valence-corrected chi connectivity index (χ4v) is 3.92.